The molecule has 0 aromatic carbocycles. The van der Waals surface area contributed by atoms with Gasteiger partial charge in [-0.1, -0.05) is 12.8 Å². The van der Waals surface area contributed by atoms with Gasteiger partial charge in [0.15, 0.2) is 0 Å². The summed E-state index contributed by atoms with van der Waals surface area (Å²) < 4.78 is 1.82. The Morgan fingerprint density at radius 1 is 1.50 bits per heavy atom. The van der Waals surface area contributed by atoms with Gasteiger partial charge in [0.25, 0.3) is 0 Å². The van der Waals surface area contributed by atoms with Crippen LogP contribution in [0.1, 0.15) is 51.4 Å². The highest BCUT2D eigenvalue weighted by molar-refractivity contribution is 5.70. The molecule has 0 bridgehead atoms. The van der Waals surface area contributed by atoms with Crippen LogP contribution in [0.15, 0.2) is 6.33 Å². The van der Waals surface area contributed by atoms with E-state index in [0.717, 1.165) is 31.5 Å². The Morgan fingerprint density at radius 2 is 2.17 bits per heavy atom. The quantitative estimate of drug-likeness (QED) is 0.871. The lowest BCUT2D eigenvalue weighted by Gasteiger charge is -2.19. The Balaban J connectivity index is 2.13. The molecule has 0 saturated heterocycles. The zero-order valence-electron chi connectivity index (χ0n) is 11.0. The molecule has 1 fully saturated rings. The second kappa shape index (κ2) is 5.50. The SMILES string of the molecule is CC(C)n1ncnc1CC(C(=O)O)C1CCCC1. The lowest BCUT2D eigenvalue weighted by atomic mass is 9.88. The Morgan fingerprint density at radius 3 is 2.72 bits per heavy atom. The highest BCUT2D eigenvalue weighted by Gasteiger charge is 2.32. The largest absolute Gasteiger partial charge is 0.481 e. The van der Waals surface area contributed by atoms with Crippen LogP contribution in [0.4, 0.5) is 0 Å². The van der Waals surface area contributed by atoms with E-state index in [-0.39, 0.29) is 12.0 Å². The highest BCUT2D eigenvalue weighted by atomic mass is 16.4. The van der Waals surface area contributed by atoms with Gasteiger partial charge in [-0.25, -0.2) is 9.67 Å². The van der Waals surface area contributed by atoms with E-state index >= 15 is 0 Å². The third-order valence-electron chi connectivity index (χ3n) is 3.82. The fraction of sp³-hybridized carbons (Fsp3) is 0.769. The molecule has 2 rings (SSSR count). The number of carboxylic acid groups (broad SMARTS) is 1. The van der Waals surface area contributed by atoms with Crippen LogP contribution >= 0.6 is 0 Å². The maximum atomic E-state index is 11.4. The predicted molar refractivity (Wildman–Crippen MR) is 67.2 cm³/mol. The van der Waals surface area contributed by atoms with Crippen molar-refractivity contribution in [2.45, 2.75) is 52.0 Å². The zero-order valence-corrected chi connectivity index (χ0v) is 11.0. The third kappa shape index (κ3) is 2.71. The van der Waals surface area contributed by atoms with Crippen molar-refractivity contribution in [3.05, 3.63) is 12.2 Å². The smallest absolute Gasteiger partial charge is 0.307 e. The molecule has 1 N–H and O–H groups in total. The number of rotatable bonds is 5. The molecular weight excluding hydrogens is 230 g/mol. The fourth-order valence-electron chi connectivity index (χ4n) is 2.86. The van der Waals surface area contributed by atoms with E-state index in [1.165, 1.54) is 6.33 Å². The second-order valence-corrected chi connectivity index (χ2v) is 5.41. The third-order valence-corrected chi connectivity index (χ3v) is 3.82. The molecule has 5 nitrogen and oxygen atoms in total. The summed E-state index contributed by atoms with van der Waals surface area (Å²) in [7, 11) is 0. The minimum Gasteiger partial charge on any atom is -0.481 e. The fourth-order valence-corrected chi connectivity index (χ4v) is 2.86. The van der Waals surface area contributed by atoms with Crippen molar-refractivity contribution >= 4 is 5.97 Å². The Hall–Kier alpha value is -1.39. The molecule has 18 heavy (non-hydrogen) atoms. The van der Waals surface area contributed by atoms with Crippen LogP contribution in [0.25, 0.3) is 0 Å². The standard InChI is InChI=1S/C13H21N3O2/c1-9(2)16-12(14-8-15-16)7-11(13(17)18)10-5-3-4-6-10/h8-11H,3-7H2,1-2H3,(H,17,18). The Bertz CT molecular complexity index is 408. The van der Waals surface area contributed by atoms with E-state index in [1.54, 1.807) is 0 Å². The van der Waals surface area contributed by atoms with Crippen molar-refractivity contribution in [1.82, 2.24) is 14.8 Å². The maximum absolute atomic E-state index is 11.4. The molecule has 0 aliphatic heterocycles. The average molecular weight is 251 g/mol. The highest BCUT2D eigenvalue weighted by Crippen LogP contribution is 2.33. The van der Waals surface area contributed by atoms with Crippen LogP contribution in [-0.4, -0.2) is 25.8 Å². The predicted octanol–water partition coefficient (Wildman–Crippen LogP) is 2.29. The maximum Gasteiger partial charge on any atom is 0.307 e. The van der Waals surface area contributed by atoms with Gasteiger partial charge in [-0.2, -0.15) is 5.10 Å². The van der Waals surface area contributed by atoms with E-state index < -0.39 is 5.97 Å². The normalized spacial score (nSPS) is 18.4. The number of aliphatic carboxylic acids is 1. The monoisotopic (exact) mass is 251 g/mol. The van der Waals surface area contributed by atoms with Gasteiger partial charge in [-0.15, -0.1) is 0 Å². The van der Waals surface area contributed by atoms with Crippen molar-refractivity contribution in [2.24, 2.45) is 11.8 Å². The summed E-state index contributed by atoms with van der Waals surface area (Å²) >= 11 is 0. The van der Waals surface area contributed by atoms with E-state index in [2.05, 4.69) is 10.1 Å². The first-order chi connectivity index (χ1) is 8.59. The minimum absolute atomic E-state index is 0.223. The molecule has 0 amide bonds. The molecule has 1 aromatic heterocycles. The van der Waals surface area contributed by atoms with Gasteiger partial charge < -0.3 is 5.11 Å². The zero-order chi connectivity index (χ0) is 13.1. The van der Waals surface area contributed by atoms with E-state index in [1.807, 2.05) is 18.5 Å². The minimum atomic E-state index is -0.694. The van der Waals surface area contributed by atoms with Gasteiger partial charge in [-0.05, 0) is 32.6 Å². The Kier molecular flexibility index (Phi) is 3.99. The van der Waals surface area contributed by atoms with Crippen LogP contribution in [-0.2, 0) is 11.2 Å². The van der Waals surface area contributed by atoms with Crippen molar-refractivity contribution in [3.63, 3.8) is 0 Å². The molecule has 1 saturated carbocycles. The van der Waals surface area contributed by atoms with Gasteiger partial charge in [-0.3, -0.25) is 4.79 Å². The van der Waals surface area contributed by atoms with Crippen molar-refractivity contribution < 1.29 is 9.90 Å². The number of nitrogens with zero attached hydrogens (tertiary/aromatic N) is 3. The molecule has 1 unspecified atom stereocenters. The van der Waals surface area contributed by atoms with Crippen LogP contribution in [0, 0.1) is 11.8 Å². The first-order valence-corrected chi connectivity index (χ1v) is 6.70. The van der Waals surface area contributed by atoms with Crippen molar-refractivity contribution in [3.8, 4) is 0 Å². The molecule has 1 heterocycles. The topological polar surface area (TPSA) is 68.0 Å². The molecule has 1 aliphatic carbocycles. The van der Waals surface area contributed by atoms with Gasteiger partial charge >= 0.3 is 5.97 Å². The van der Waals surface area contributed by atoms with Crippen LogP contribution in [0.3, 0.4) is 0 Å². The number of hydrogen-bond donors (Lipinski definition) is 1. The summed E-state index contributed by atoms with van der Waals surface area (Å²) in [6.45, 7) is 4.06. The molecule has 1 aliphatic rings. The summed E-state index contributed by atoms with van der Waals surface area (Å²) in [6, 6.07) is 0.223. The summed E-state index contributed by atoms with van der Waals surface area (Å²) in [5, 5.41) is 13.6. The van der Waals surface area contributed by atoms with Crippen molar-refractivity contribution in [2.75, 3.05) is 0 Å². The van der Waals surface area contributed by atoms with Gasteiger partial charge in [0.2, 0.25) is 0 Å². The molecule has 0 spiro atoms. The summed E-state index contributed by atoms with van der Waals surface area (Å²) in [4.78, 5) is 15.7. The number of carboxylic acids is 1. The number of aromatic nitrogens is 3. The first kappa shape index (κ1) is 13.1. The van der Waals surface area contributed by atoms with Crippen LogP contribution in [0.2, 0.25) is 0 Å². The van der Waals surface area contributed by atoms with Gasteiger partial charge in [0, 0.05) is 12.5 Å². The molecule has 1 aromatic rings. The number of carbonyl (C=O) groups is 1. The van der Waals surface area contributed by atoms with Crippen LogP contribution in [0.5, 0.6) is 0 Å². The average Bonchev–Trinajstić information content (AvgIpc) is 2.96. The van der Waals surface area contributed by atoms with Crippen molar-refractivity contribution in [1.29, 1.82) is 0 Å². The van der Waals surface area contributed by atoms with Gasteiger partial charge in [0.1, 0.15) is 12.2 Å². The van der Waals surface area contributed by atoms with E-state index in [9.17, 15) is 9.90 Å². The summed E-state index contributed by atoms with van der Waals surface area (Å²) in [5.74, 6) is 0.0959. The van der Waals surface area contributed by atoms with Crippen LogP contribution < -0.4 is 0 Å². The second-order valence-electron chi connectivity index (χ2n) is 5.41. The van der Waals surface area contributed by atoms with E-state index in [0.29, 0.717) is 12.3 Å². The lowest BCUT2D eigenvalue weighted by Crippen LogP contribution is -2.26. The molecule has 100 valence electrons. The van der Waals surface area contributed by atoms with E-state index in [4.69, 9.17) is 0 Å². The Labute approximate surface area is 107 Å². The van der Waals surface area contributed by atoms with Gasteiger partial charge in [0.05, 0.1) is 5.92 Å². The molecule has 1 atom stereocenters. The molecule has 0 radical (unpaired) electrons. The first-order valence-electron chi connectivity index (χ1n) is 6.70. The number of hydrogen-bond acceptors (Lipinski definition) is 3. The molecular formula is C13H21N3O2. The lowest BCUT2D eigenvalue weighted by molar-refractivity contribution is -0.143. The summed E-state index contributed by atoms with van der Waals surface area (Å²) in [5.41, 5.74) is 0. The summed E-state index contributed by atoms with van der Waals surface area (Å²) in [6.07, 6.45) is 6.40. The molecule has 5 heteroatoms.